The lowest BCUT2D eigenvalue weighted by molar-refractivity contribution is 0.0516. The zero-order chi connectivity index (χ0) is 12.2. The van der Waals surface area contributed by atoms with Gasteiger partial charge in [0.2, 0.25) is 0 Å². The van der Waals surface area contributed by atoms with Crippen molar-refractivity contribution in [3.63, 3.8) is 0 Å². The van der Waals surface area contributed by atoms with Crippen molar-refractivity contribution in [3.05, 3.63) is 0 Å². The zero-order valence-corrected chi connectivity index (χ0v) is 10.8. The van der Waals surface area contributed by atoms with Crippen LogP contribution in [0, 0.1) is 5.92 Å². The van der Waals surface area contributed by atoms with Crippen molar-refractivity contribution in [2.24, 2.45) is 5.92 Å². The lowest BCUT2D eigenvalue weighted by Gasteiger charge is -2.30. The third-order valence-electron chi connectivity index (χ3n) is 2.79. The number of nitrogens with one attached hydrogen (secondary N) is 2. The zero-order valence-electron chi connectivity index (χ0n) is 10.8. The predicted octanol–water partition coefficient (Wildman–Crippen LogP) is 1.90. The van der Waals surface area contributed by atoms with E-state index < -0.39 is 5.60 Å². The Morgan fingerprint density at radius 2 is 2.19 bits per heavy atom. The van der Waals surface area contributed by atoms with Gasteiger partial charge in [0, 0.05) is 12.6 Å². The minimum absolute atomic E-state index is 0.327. The van der Waals surface area contributed by atoms with E-state index in [1.165, 1.54) is 12.8 Å². The molecule has 1 saturated heterocycles. The highest BCUT2D eigenvalue weighted by Gasteiger charge is 2.22. The topological polar surface area (TPSA) is 50.4 Å². The molecule has 0 saturated carbocycles. The van der Waals surface area contributed by atoms with Crippen LogP contribution in [0.5, 0.6) is 0 Å². The van der Waals surface area contributed by atoms with E-state index in [1.54, 1.807) is 0 Å². The van der Waals surface area contributed by atoms with Crippen molar-refractivity contribution in [1.82, 2.24) is 10.6 Å². The molecule has 1 aliphatic rings. The molecule has 0 bridgehead atoms. The van der Waals surface area contributed by atoms with E-state index in [-0.39, 0.29) is 6.09 Å². The second-order valence-corrected chi connectivity index (χ2v) is 5.56. The van der Waals surface area contributed by atoms with Crippen molar-refractivity contribution in [2.75, 3.05) is 13.1 Å². The smallest absolute Gasteiger partial charge is 0.407 e. The fraction of sp³-hybridized carbons (Fsp3) is 0.917. The van der Waals surface area contributed by atoms with Crippen LogP contribution in [-0.2, 0) is 4.74 Å². The van der Waals surface area contributed by atoms with Crippen LogP contribution in [0.2, 0.25) is 0 Å². The third kappa shape index (κ3) is 4.84. The number of ether oxygens (including phenoxy) is 1. The van der Waals surface area contributed by atoms with E-state index in [9.17, 15) is 4.79 Å². The van der Waals surface area contributed by atoms with Gasteiger partial charge in [0.05, 0.1) is 0 Å². The molecule has 1 amide bonds. The summed E-state index contributed by atoms with van der Waals surface area (Å²) in [4.78, 5) is 11.4. The SMILES string of the molecule is C[C@H]1CCCN[C@H]1CNC(=O)OC(C)(C)C. The van der Waals surface area contributed by atoms with Crippen LogP contribution in [0.1, 0.15) is 40.5 Å². The number of amides is 1. The highest BCUT2D eigenvalue weighted by atomic mass is 16.6. The molecule has 94 valence electrons. The Labute approximate surface area is 98.1 Å². The molecule has 2 N–H and O–H groups in total. The first kappa shape index (κ1) is 13.3. The Hall–Kier alpha value is -0.770. The lowest BCUT2D eigenvalue weighted by atomic mass is 9.93. The van der Waals surface area contributed by atoms with Crippen LogP contribution < -0.4 is 10.6 Å². The van der Waals surface area contributed by atoms with Gasteiger partial charge < -0.3 is 15.4 Å². The minimum Gasteiger partial charge on any atom is -0.444 e. The molecule has 4 heteroatoms. The number of rotatable bonds is 2. The van der Waals surface area contributed by atoms with Crippen LogP contribution >= 0.6 is 0 Å². The van der Waals surface area contributed by atoms with Gasteiger partial charge in [-0.3, -0.25) is 0 Å². The van der Waals surface area contributed by atoms with Crippen molar-refractivity contribution in [1.29, 1.82) is 0 Å². The van der Waals surface area contributed by atoms with E-state index in [1.807, 2.05) is 20.8 Å². The Kier molecular flexibility index (Phi) is 4.59. The molecule has 0 aromatic rings. The minimum atomic E-state index is -0.421. The molecule has 0 radical (unpaired) electrons. The number of alkyl carbamates (subject to hydrolysis) is 1. The normalized spacial score (nSPS) is 26.2. The molecular weight excluding hydrogens is 204 g/mol. The Morgan fingerprint density at radius 1 is 1.50 bits per heavy atom. The molecule has 0 aromatic heterocycles. The van der Waals surface area contributed by atoms with Crippen LogP contribution in [0.4, 0.5) is 4.79 Å². The summed E-state index contributed by atoms with van der Waals surface area (Å²) in [5, 5.41) is 6.23. The van der Waals surface area contributed by atoms with Crippen LogP contribution in [0.3, 0.4) is 0 Å². The summed E-state index contributed by atoms with van der Waals surface area (Å²) in [5.74, 6) is 0.615. The molecule has 1 rings (SSSR count). The van der Waals surface area contributed by atoms with E-state index in [0.717, 1.165) is 6.54 Å². The number of hydrogen-bond acceptors (Lipinski definition) is 3. The number of piperidine rings is 1. The fourth-order valence-electron chi connectivity index (χ4n) is 1.89. The molecule has 0 aromatic carbocycles. The van der Waals surface area contributed by atoms with Crippen molar-refractivity contribution in [2.45, 2.75) is 52.2 Å². The Morgan fingerprint density at radius 3 is 2.75 bits per heavy atom. The quantitative estimate of drug-likeness (QED) is 0.759. The van der Waals surface area contributed by atoms with E-state index in [2.05, 4.69) is 17.6 Å². The molecule has 16 heavy (non-hydrogen) atoms. The van der Waals surface area contributed by atoms with Gasteiger partial charge >= 0.3 is 6.09 Å². The van der Waals surface area contributed by atoms with Gasteiger partial charge in [0.25, 0.3) is 0 Å². The van der Waals surface area contributed by atoms with Crippen LogP contribution in [0.25, 0.3) is 0 Å². The lowest BCUT2D eigenvalue weighted by Crippen LogP contribution is -2.48. The van der Waals surface area contributed by atoms with Gasteiger partial charge in [-0.05, 0) is 46.1 Å². The van der Waals surface area contributed by atoms with Gasteiger partial charge in [-0.1, -0.05) is 6.92 Å². The first-order valence-electron chi connectivity index (χ1n) is 6.09. The summed E-state index contributed by atoms with van der Waals surface area (Å²) in [6.07, 6.45) is 2.13. The van der Waals surface area contributed by atoms with Gasteiger partial charge in [0.15, 0.2) is 0 Å². The maximum Gasteiger partial charge on any atom is 0.407 e. The summed E-state index contributed by atoms with van der Waals surface area (Å²) in [5.41, 5.74) is -0.421. The summed E-state index contributed by atoms with van der Waals surface area (Å²) in [7, 11) is 0. The molecular formula is C12H24N2O2. The largest absolute Gasteiger partial charge is 0.444 e. The summed E-state index contributed by atoms with van der Waals surface area (Å²) in [6, 6.07) is 0.376. The molecule has 0 aliphatic carbocycles. The van der Waals surface area contributed by atoms with Crippen molar-refractivity contribution < 1.29 is 9.53 Å². The maximum absolute atomic E-state index is 11.4. The van der Waals surface area contributed by atoms with Gasteiger partial charge in [0.1, 0.15) is 5.60 Å². The highest BCUT2D eigenvalue weighted by molar-refractivity contribution is 5.67. The summed E-state index contributed by atoms with van der Waals surface area (Å²) >= 11 is 0. The monoisotopic (exact) mass is 228 g/mol. The second-order valence-electron chi connectivity index (χ2n) is 5.56. The molecule has 1 fully saturated rings. The predicted molar refractivity (Wildman–Crippen MR) is 64.4 cm³/mol. The van der Waals surface area contributed by atoms with Crippen molar-refractivity contribution in [3.8, 4) is 0 Å². The molecule has 4 nitrogen and oxygen atoms in total. The third-order valence-corrected chi connectivity index (χ3v) is 2.79. The van der Waals surface area contributed by atoms with Crippen LogP contribution in [-0.4, -0.2) is 30.8 Å². The molecule has 2 atom stereocenters. The average molecular weight is 228 g/mol. The maximum atomic E-state index is 11.4. The number of carbonyl (C=O) groups is 1. The summed E-state index contributed by atoms with van der Waals surface area (Å²) in [6.45, 7) is 9.52. The molecule has 0 unspecified atom stereocenters. The van der Waals surface area contributed by atoms with Gasteiger partial charge in [-0.15, -0.1) is 0 Å². The van der Waals surface area contributed by atoms with Gasteiger partial charge in [-0.25, -0.2) is 4.79 Å². The molecule has 1 heterocycles. The second kappa shape index (κ2) is 5.53. The van der Waals surface area contributed by atoms with E-state index >= 15 is 0 Å². The molecule has 1 aliphatic heterocycles. The first-order chi connectivity index (χ1) is 7.38. The van der Waals surface area contributed by atoms with E-state index in [4.69, 9.17) is 4.74 Å². The average Bonchev–Trinajstić information content (AvgIpc) is 2.14. The number of carbonyl (C=O) groups excluding carboxylic acids is 1. The summed E-state index contributed by atoms with van der Waals surface area (Å²) < 4.78 is 5.19. The Bertz CT molecular complexity index is 236. The Balaban J connectivity index is 2.25. The molecule has 0 spiro atoms. The fourth-order valence-corrected chi connectivity index (χ4v) is 1.89. The van der Waals surface area contributed by atoms with Gasteiger partial charge in [-0.2, -0.15) is 0 Å². The highest BCUT2D eigenvalue weighted by Crippen LogP contribution is 2.15. The number of hydrogen-bond donors (Lipinski definition) is 2. The van der Waals surface area contributed by atoms with Crippen molar-refractivity contribution >= 4 is 6.09 Å². The van der Waals surface area contributed by atoms with E-state index in [0.29, 0.717) is 18.5 Å². The van der Waals surface area contributed by atoms with Crippen LogP contribution in [0.15, 0.2) is 0 Å². The first-order valence-corrected chi connectivity index (χ1v) is 6.09. The standard InChI is InChI=1S/C12H24N2O2/c1-9-6-5-7-13-10(9)8-14-11(15)16-12(2,3)4/h9-10,13H,5-8H2,1-4H3,(H,14,15)/t9-,10-/m0/s1.